The van der Waals surface area contributed by atoms with E-state index in [4.69, 9.17) is 18.9 Å². The van der Waals surface area contributed by atoms with E-state index >= 15 is 0 Å². The highest BCUT2D eigenvalue weighted by Crippen LogP contribution is 2.33. The quantitative estimate of drug-likeness (QED) is 0.200. The van der Waals surface area contributed by atoms with Gasteiger partial charge < -0.3 is 57.5 Å². The summed E-state index contributed by atoms with van der Waals surface area (Å²) in [6, 6.07) is -2.06. The van der Waals surface area contributed by atoms with Crippen molar-refractivity contribution in [3.63, 3.8) is 0 Å². The van der Waals surface area contributed by atoms with Crippen LogP contribution in [-0.4, -0.2) is 136 Å². The fraction of sp³-hybridized carbons (Fsp3) is 0.929. The molecule has 212 valence electrons. The lowest BCUT2D eigenvalue weighted by Crippen LogP contribution is -2.69. The summed E-state index contributed by atoms with van der Waals surface area (Å²) < 4.78 is 129. The Labute approximate surface area is 204 Å². The van der Waals surface area contributed by atoms with Gasteiger partial charge >= 0.3 is 0 Å². The molecular formula is C14H21NO18S3-4. The van der Waals surface area contributed by atoms with Crippen LogP contribution in [0.5, 0.6) is 0 Å². The van der Waals surface area contributed by atoms with Gasteiger partial charge in [-0.2, -0.15) is 0 Å². The van der Waals surface area contributed by atoms with Crippen molar-refractivity contribution in [2.75, 3.05) is 20.0 Å². The van der Waals surface area contributed by atoms with E-state index in [0.29, 0.717) is 0 Å². The van der Waals surface area contributed by atoms with Gasteiger partial charge in [-0.05, 0) is 0 Å². The van der Waals surface area contributed by atoms with E-state index in [-0.39, 0.29) is 0 Å². The maximum absolute atomic E-state index is 11.8. The van der Waals surface area contributed by atoms with Gasteiger partial charge in [-0.3, -0.25) is 0 Å². The number of aliphatic carboxylic acids is 1. The molecule has 0 aliphatic carbocycles. The van der Waals surface area contributed by atoms with Gasteiger partial charge in [-0.25, -0.2) is 30.0 Å². The normalized spacial score (nSPS) is 38.5. The van der Waals surface area contributed by atoms with Crippen LogP contribution in [0.2, 0.25) is 0 Å². The summed E-state index contributed by atoms with van der Waals surface area (Å²) >= 11 is 0. The minimum Gasteiger partial charge on any atom is -0.748 e. The third-order valence-electron chi connectivity index (χ3n) is 5.20. The summed E-state index contributed by atoms with van der Waals surface area (Å²) in [6.07, 6.45) is -17.9. The van der Waals surface area contributed by atoms with E-state index < -0.39 is 103 Å². The lowest BCUT2D eigenvalue weighted by atomic mass is 9.97. The first kappa shape index (κ1) is 31.1. The van der Waals surface area contributed by atoms with E-state index in [1.54, 1.807) is 0 Å². The molecule has 0 aromatic rings. The van der Waals surface area contributed by atoms with Crippen molar-refractivity contribution in [3.8, 4) is 0 Å². The number of carboxylic acids is 1. The Kier molecular flexibility index (Phi) is 9.78. The lowest BCUT2D eigenvalue weighted by Gasteiger charge is -2.49. The molecule has 0 spiro atoms. The number of carbonyl (C=O) groups is 1. The minimum atomic E-state index is -5.63. The Balaban J connectivity index is 2.55. The smallest absolute Gasteiger partial charge is 0.177 e. The largest absolute Gasteiger partial charge is 0.748 e. The van der Waals surface area contributed by atoms with Crippen molar-refractivity contribution in [2.45, 2.75) is 60.5 Å². The summed E-state index contributed by atoms with van der Waals surface area (Å²) in [5.41, 5.74) is 0. The molecule has 2 fully saturated rings. The molecule has 3 N–H and O–H groups in total. The highest BCUT2D eigenvalue weighted by molar-refractivity contribution is 7.86. The van der Waals surface area contributed by atoms with Crippen LogP contribution >= 0.6 is 0 Å². The van der Waals surface area contributed by atoms with Crippen LogP contribution in [-0.2, 0) is 59.0 Å². The van der Waals surface area contributed by atoms with Crippen molar-refractivity contribution >= 4 is 36.5 Å². The molecule has 0 amide bonds. The van der Waals surface area contributed by atoms with Gasteiger partial charge in [-0.15, -0.1) is 0 Å². The summed E-state index contributed by atoms with van der Waals surface area (Å²) in [4.78, 5) is 11.4. The van der Waals surface area contributed by atoms with Gasteiger partial charge in [0.05, 0.1) is 21.8 Å². The maximum atomic E-state index is 11.8. The summed E-state index contributed by atoms with van der Waals surface area (Å²) in [5, 5.41) is 29.8. The number of hydrogen-bond acceptors (Lipinski definition) is 18. The average molecular weight is 588 g/mol. The number of carbonyl (C=O) groups excluding carboxylic acids is 1. The molecular weight excluding hydrogens is 566 g/mol. The number of carboxylic acid groups (broad SMARTS) is 1. The molecule has 0 bridgehead atoms. The fourth-order valence-electron chi connectivity index (χ4n) is 3.77. The molecule has 2 heterocycles. The predicted octanol–water partition coefficient (Wildman–Crippen LogP) is -7.17. The molecule has 0 radical (unpaired) electrons. The first-order chi connectivity index (χ1) is 16.3. The number of rotatable bonds is 10. The Bertz CT molecular complexity index is 1110. The summed E-state index contributed by atoms with van der Waals surface area (Å²) in [7, 11) is -14.5. The molecule has 19 nitrogen and oxygen atoms in total. The molecule has 0 saturated carbocycles. The highest BCUT2D eigenvalue weighted by atomic mass is 32.2. The Hall–Kier alpha value is -1.12. The van der Waals surface area contributed by atoms with Gasteiger partial charge in [0.25, 0.3) is 0 Å². The zero-order valence-corrected chi connectivity index (χ0v) is 20.6. The van der Waals surface area contributed by atoms with Crippen LogP contribution in [0, 0.1) is 0 Å². The molecule has 10 atom stereocenters. The zero-order valence-electron chi connectivity index (χ0n) is 18.1. The first-order valence-corrected chi connectivity index (χ1v) is 14.0. The van der Waals surface area contributed by atoms with Gasteiger partial charge in [0.1, 0.15) is 58.0 Å². The maximum Gasteiger partial charge on any atom is 0.177 e. The molecule has 2 aliphatic rings. The molecule has 2 rings (SSSR count). The lowest BCUT2D eigenvalue weighted by molar-refractivity contribution is -0.349. The second kappa shape index (κ2) is 11.3. The number of ether oxygens (including phenoxy) is 5. The monoisotopic (exact) mass is 587 g/mol. The van der Waals surface area contributed by atoms with E-state index in [1.807, 2.05) is 0 Å². The number of methoxy groups -OCH3 is 2. The summed E-state index contributed by atoms with van der Waals surface area (Å²) in [6.45, 7) is 0. The molecule has 2 saturated heterocycles. The molecule has 0 aromatic heterocycles. The van der Waals surface area contributed by atoms with E-state index in [1.165, 1.54) is 4.72 Å². The molecule has 0 aromatic carbocycles. The molecule has 2 aliphatic heterocycles. The van der Waals surface area contributed by atoms with Crippen molar-refractivity contribution in [2.24, 2.45) is 0 Å². The highest BCUT2D eigenvalue weighted by Gasteiger charge is 2.54. The SMILES string of the molecule is CO[C@@H]1OC(CS(=O)(=O)[O-])[C@@H](O[C@@H]2OC(C(=O)[O-])[C@@H](OC)[C@H](O)C2S(=O)(=O)[O-])[C@H](O)C1NS(=O)(=O)[O-]. The van der Waals surface area contributed by atoms with Crippen molar-refractivity contribution in [1.29, 1.82) is 0 Å². The Morgan fingerprint density at radius 3 is 1.92 bits per heavy atom. The van der Waals surface area contributed by atoms with Crippen LogP contribution in [0.4, 0.5) is 0 Å². The standard InChI is InChI=1S/C14H25NO18S3/c1-29-9-7(17)11(35(23,24)25)14(33-10(9)12(18)19)32-8-4(3-34(20,21)22)31-13(30-2)5(6(8)16)15-36(26,27)28/h4-11,13-17H,3H2,1-2H3,(H,18,19)(H,20,21,22)(H,23,24,25)(H,26,27,28)/p-4/t4?,5?,6-,7+,8-,9+,10?,11?,13-,14-/m1/s1. The second-order valence-corrected chi connectivity index (χ2v) is 11.7. The van der Waals surface area contributed by atoms with Crippen LogP contribution in [0.25, 0.3) is 0 Å². The van der Waals surface area contributed by atoms with Crippen LogP contribution in [0.3, 0.4) is 0 Å². The minimum absolute atomic E-state index is 0.835. The van der Waals surface area contributed by atoms with E-state index in [0.717, 1.165) is 14.2 Å². The number of nitrogens with one attached hydrogen (secondary N) is 1. The van der Waals surface area contributed by atoms with Gasteiger partial charge in [0.2, 0.25) is 0 Å². The third-order valence-corrected chi connectivity index (χ3v) is 7.67. The van der Waals surface area contributed by atoms with Crippen LogP contribution < -0.4 is 9.83 Å². The Morgan fingerprint density at radius 1 is 0.917 bits per heavy atom. The molecule has 4 unspecified atom stereocenters. The van der Waals surface area contributed by atoms with Crippen LogP contribution in [0.1, 0.15) is 0 Å². The fourth-order valence-corrected chi connectivity index (χ4v) is 5.92. The van der Waals surface area contributed by atoms with Gasteiger partial charge in [0.15, 0.2) is 22.9 Å². The van der Waals surface area contributed by atoms with Crippen molar-refractivity contribution in [3.05, 3.63) is 0 Å². The summed E-state index contributed by atoms with van der Waals surface area (Å²) in [5.74, 6) is -3.59. The average Bonchev–Trinajstić information content (AvgIpc) is 2.69. The number of aliphatic hydroxyl groups is 2. The molecule has 22 heteroatoms. The van der Waals surface area contributed by atoms with Gasteiger partial charge in [0, 0.05) is 14.2 Å². The first-order valence-electron chi connectivity index (χ1n) is 9.51. The number of aliphatic hydroxyl groups excluding tert-OH is 2. The van der Waals surface area contributed by atoms with E-state index in [9.17, 15) is 59.0 Å². The zero-order chi connectivity index (χ0) is 27.8. The van der Waals surface area contributed by atoms with E-state index in [2.05, 4.69) is 4.74 Å². The number of hydrogen-bond donors (Lipinski definition) is 3. The van der Waals surface area contributed by atoms with Crippen molar-refractivity contribution < 1.29 is 82.7 Å². The third kappa shape index (κ3) is 7.47. The predicted molar refractivity (Wildman–Crippen MR) is 102 cm³/mol. The van der Waals surface area contributed by atoms with Crippen LogP contribution in [0.15, 0.2) is 0 Å². The second-order valence-electron chi connectivity index (χ2n) is 7.58. The van der Waals surface area contributed by atoms with Crippen molar-refractivity contribution in [1.82, 2.24) is 4.72 Å². The molecule has 36 heavy (non-hydrogen) atoms. The topological polar surface area (TPSA) is 310 Å². The Morgan fingerprint density at radius 2 is 1.50 bits per heavy atom. The van der Waals surface area contributed by atoms with Gasteiger partial charge in [-0.1, -0.05) is 0 Å².